The van der Waals surface area contributed by atoms with Crippen molar-refractivity contribution in [1.82, 2.24) is 4.31 Å². The Kier molecular flexibility index (Phi) is 5.68. The van der Waals surface area contributed by atoms with Gasteiger partial charge in [0, 0.05) is 13.1 Å². The third kappa shape index (κ3) is 12.7. The minimum atomic E-state index is -6.00. The molecule has 74 valence electrons. The molecule has 0 spiro atoms. The van der Waals surface area contributed by atoms with Gasteiger partial charge >= 0.3 is 8.68 Å². The first kappa shape index (κ1) is 12.1. The number of ether oxygens (including phenoxy) is 1. The van der Waals surface area contributed by atoms with Gasteiger partial charge in [-0.05, 0) is 0 Å². The molecule has 0 N–H and O–H groups in total. The molecular formula is C4H10BF4NOS. The molecule has 0 aromatic heterocycles. The number of morpholine rings is 1. The van der Waals surface area contributed by atoms with Gasteiger partial charge in [0.1, 0.15) is 0 Å². The fourth-order valence-corrected chi connectivity index (χ4v) is 0.717. The van der Waals surface area contributed by atoms with Crippen LogP contribution in [0.5, 0.6) is 0 Å². The average Bonchev–Trinajstić information content (AvgIpc) is 1.85. The zero-order valence-electron chi connectivity index (χ0n) is 7.22. The van der Waals surface area contributed by atoms with Crippen LogP contribution in [0.15, 0.2) is 0 Å². The van der Waals surface area contributed by atoms with E-state index in [9.17, 15) is 17.3 Å². The fourth-order valence-electron chi connectivity index (χ4n) is 0.554. The molecule has 1 heterocycles. The maximum atomic E-state index is 9.75. The van der Waals surface area contributed by atoms with Crippen molar-refractivity contribution in [3.63, 3.8) is 0 Å². The van der Waals surface area contributed by atoms with Gasteiger partial charge < -0.3 is 22.0 Å². The smallest absolute Gasteiger partial charge is 0.418 e. The predicted molar refractivity (Wildman–Crippen MR) is 42.7 cm³/mol. The van der Waals surface area contributed by atoms with Gasteiger partial charge in [0.05, 0.1) is 13.2 Å². The van der Waals surface area contributed by atoms with Crippen LogP contribution in [0.25, 0.3) is 0 Å². The van der Waals surface area contributed by atoms with Crippen LogP contribution in [0.1, 0.15) is 1.43 Å². The van der Waals surface area contributed by atoms with E-state index in [1.807, 2.05) is 4.31 Å². The van der Waals surface area contributed by atoms with E-state index in [1.54, 1.807) is 0 Å². The first-order valence-electron chi connectivity index (χ1n) is 3.28. The van der Waals surface area contributed by atoms with Crippen LogP contribution in [-0.2, 0) is 4.74 Å². The van der Waals surface area contributed by atoms with Gasteiger partial charge in [0.2, 0.25) is 0 Å². The monoisotopic (exact) mass is 207 g/mol. The summed E-state index contributed by atoms with van der Waals surface area (Å²) in [7, 11) is -6.00. The molecule has 0 aromatic rings. The normalized spacial score (nSPS) is 19.8. The molecule has 1 saturated heterocycles. The highest BCUT2D eigenvalue weighted by molar-refractivity contribution is 7.77. The first-order valence-corrected chi connectivity index (χ1v) is 3.68. The van der Waals surface area contributed by atoms with Gasteiger partial charge in [-0.3, -0.25) is 0 Å². The molecule has 0 atom stereocenters. The van der Waals surface area contributed by atoms with Crippen molar-refractivity contribution in [3.8, 4) is 0 Å². The molecule has 8 heteroatoms. The van der Waals surface area contributed by atoms with Crippen molar-refractivity contribution in [2.75, 3.05) is 26.3 Å². The third-order valence-corrected chi connectivity index (χ3v) is 1.39. The minimum Gasteiger partial charge on any atom is -0.418 e. The topological polar surface area (TPSA) is 12.5 Å². The summed E-state index contributed by atoms with van der Waals surface area (Å²) in [6, 6.07) is 0. The molecule has 12 heavy (non-hydrogen) atoms. The number of halogens is 4. The van der Waals surface area contributed by atoms with E-state index in [-0.39, 0.29) is 1.43 Å². The fraction of sp³-hybridized carbons (Fsp3) is 1.00. The second-order valence-corrected chi connectivity index (χ2v) is 2.63. The van der Waals surface area contributed by atoms with Crippen LogP contribution >= 0.6 is 12.8 Å². The van der Waals surface area contributed by atoms with Crippen molar-refractivity contribution >= 4 is 20.1 Å². The summed E-state index contributed by atoms with van der Waals surface area (Å²) < 4.78 is 46.0. The Morgan fingerprint density at radius 2 is 1.50 bits per heavy atom. The van der Waals surface area contributed by atoms with Gasteiger partial charge in [0.25, 0.3) is 0 Å². The third-order valence-electron chi connectivity index (χ3n) is 0.987. The Labute approximate surface area is 75.0 Å². The molecule has 2 nitrogen and oxygen atoms in total. The second-order valence-electron chi connectivity index (χ2n) is 2.06. The first-order chi connectivity index (χ1) is 5.39. The van der Waals surface area contributed by atoms with E-state index in [4.69, 9.17) is 4.74 Å². The lowest BCUT2D eigenvalue weighted by molar-refractivity contribution is 0.0781. The zero-order valence-corrected chi connectivity index (χ0v) is 7.11. The van der Waals surface area contributed by atoms with E-state index >= 15 is 0 Å². The molecule has 0 aromatic carbocycles. The number of thiol groups is 1. The summed E-state index contributed by atoms with van der Waals surface area (Å²) in [4.78, 5) is 0. The maximum Gasteiger partial charge on any atom is 1.00 e. The lowest BCUT2D eigenvalue weighted by Crippen LogP contribution is -2.28. The summed E-state index contributed by atoms with van der Waals surface area (Å²) in [5.74, 6) is 0. The molecule has 1 aliphatic heterocycles. The van der Waals surface area contributed by atoms with Crippen LogP contribution in [0.2, 0.25) is 0 Å². The highest BCUT2D eigenvalue weighted by Crippen LogP contribution is 2.06. The molecule has 0 aliphatic carbocycles. The van der Waals surface area contributed by atoms with Gasteiger partial charge in [-0.25, -0.2) is 4.31 Å². The quantitative estimate of drug-likeness (QED) is 0.367. The molecule has 1 fully saturated rings. The lowest BCUT2D eigenvalue weighted by Gasteiger charge is -2.19. The Balaban J connectivity index is 0. The standard InChI is InChI=1S/C4H9NOS.BF4/c7-5-1-3-6-4-2-5;2-1(3,4)5/h7H,1-4H2;/q;-1/p+1. The van der Waals surface area contributed by atoms with Crippen molar-refractivity contribution in [2.45, 2.75) is 0 Å². The molecule has 0 amide bonds. The van der Waals surface area contributed by atoms with Crippen LogP contribution in [0, 0.1) is 0 Å². The molecule has 0 unspecified atom stereocenters. The van der Waals surface area contributed by atoms with Crippen LogP contribution in [-0.4, -0.2) is 37.9 Å². The number of hydrogen-bond donors (Lipinski definition) is 1. The van der Waals surface area contributed by atoms with Gasteiger partial charge in [-0.1, -0.05) is 12.8 Å². The van der Waals surface area contributed by atoms with Crippen molar-refractivity contribution in [3.05, 3.63) is 0 Å². The van der Waals surface area contributed by atoms with E-state index in [1.165, 1.54) is 0 Å². The van der Waals surface area contributed by atoms with Gasteiger partial charge in [-0.2, -0.15) is 0 Å². The highest BCUT2D eigenvalue weighted by Gasteiger charge is 2.20. The zero-order chi connectivity index (χ0) is 9.61. The Morgan fingerprint density at radius 1 is 1.17 bits per heavy atom. The molecule has 0 radical (unpaired) electrons. The van der Waals surface area contributed by atoms with E-state index < -0.39 is 7.25 Å². The molecule has 1 rings (SSSR count). The minimum absolute atomic E-state index is 0. The Morgan fingerprint density at radius 3 is 1.67 bits per heavy atom. The van der Waals surface area contributed by atoms with Crippen LogP contribution < -0.4 is 0 Å². The van der Waals surface area contributed by atoms with Crippen molar-refractivity contribution in [1.29, 1.82) is 0 Å². The van der Waals surface area contributed by atoms with Crippen molar-refractivity contribution < 1.29 is 23.4 Å². The predicted octanol–water partition coefficient (Wildman–Crippen LogP) is 1.58. The molecular weight excluding hydrogens is 197 g/mol. The average molecular weight is 207 g/mol. The summed E-state index contributed by atoms with van der Waals surface area (Å²) in [6.45, 7) is 3.60. The van der Waals surface area contributed by atoms with E-state index in [0.29, 0.717) is 0 Å². The van der Waals surface area contributed by atoms with Crippen molar-refractivity contribution in [2.24, 2.45) is 0 Å². The lowest BCUT2D eigenvalue weighted by atomic mass is 10.3. The summed E-state index contributed by atoms with van der Waals surface area (Å²) in [6.07, 6.45) is 0. The Hall–Kier alpha value is 0.0549. The number of nitrogens with zero attached hydrogens (tertiary/aromatic N) is 1. The molecule has 0 bridgehead atoms. The SMILES string of the molecule is F[B-](F)(F)F.SN1CCOCC1.[H+]. The second kappa shape index (κ2) is 5.66. The summed E-state index contributed by atoms with van der Waals surface area (Å²) in [5, 5.41) is 0. The molecule has 0 saturated carbocycles. The van der Waals surface area contributed by atoms with Crippen LogP contribution in [0.4, 0.5) is 17.3 Å². The van der Waals surface area contributed by atoms with Crippen LogP contribution in [0.3, 0.4) is 0 Å². The van der Waals surface area contributed by atoms with Gasteiger partial charge in [0.15, 0.2) is 0 Å². The molecule has 1 aliphatic rings. The largest absolute Gasteiger partial charge is 1.00 e. The number of hydrogen-bond acceptors (Lipinski definition) is 3. The number of rotatable bonds is 0. The highest BCUT2D eigenvalue weighted by atomic mass is 32.1. The summed E-state index contributed by atoms with van der Waals surface area (Å²) >= 11 is 4.11. The van der Waals surface area contributed by atoms with Gasteiger partial charge in [-0.15, -0.1) is 0 Å². The summed E-state index contributed by atoms with van der Waals surface area (Å²) in [5.41, 5.74) is 0. The van der Waals surface area contributed by atoms with E-state index in [0.717, 1.165) is 26.3 Å². The maximum absolute atomic E-state index is 9.75. The Bertz CT molecular complexity index is 117. The van der Waals surface area contributed by atoms with E-state index in [2.05, 4.69) is 12.8 Å².